The Kier molecular flexibility index (Phi) is 3.70. The first kappa shape index (κ1) is 11.6. The lowest BCUT2D eigenvalue weighted by Gasteiger charge is -2.39. The Morgan fingerprint density at radius 3 is 2.18 bits per heavy atom. The normalized spacial score (nSPS) is 31.6. The van der Waals surface area contributed by atoms with Crippen LogP contribution < -0.4 is 0 Å². The van der Waals surface area contributed by atoms with E-state index >= 15 is 0 Å². The first-order chi connectivity index (χ1) is 8.45. The van der Waals surface area contributed by atoms with Crippen molar-refractivity contribution in [2.45, 2.75) is 57.4 Å². The molecule has 0 bridgehead atoms. The summed E-state index contributed by atoms with van der Waals surface area (Å²) in [7, 11) is 0. The highest BCUT2D eigenvalue weighted by molar-refractivity contribution is 5.17. The van der Waals surface area contributed by atoms with Crippen LogP contribution in [0, 0.1) is 0 Å². The zero-order valence-electron chi connectivity index (χ0n) is 11.0. The van der Waals surface area contributed by atoms with Crippen LogP contribution in [0.15, 0.2) is 11.8 Å². The Labute approximate surface area is 106 Å². The molecule has 3 aliphatic rings. The van der Waals surface area contributed by atoms with Crippen LogP contribution in [-0.4, -0.2) is 42.0 Å². The molecule has 0 aromatic heterocycles. The van der Waals surface area contributed by atoms with E-state index in [-0.39, 0.29) is 0 Å². The number of allylic oxidation sites excluding steroid dienone is 1. The number of piperidine rings is 2. The predicted octanol–water partition coefficient (Wildman–Crippen LogP) is 3.00. The van der Waals surface area contributed by atoms with Crippen LogP contribution in [0.2, 0.25) is 0 Å². The fourth-order valence-electron chi connectivity index (χ4n) is 3.76. The standard InChI is InChI=1S/C15H26N2/c1-3-10-16(11-4-1)14-8-7-9-15(14)17-12-5-2-6-13-17/h8,15H,1-7,9-13H2/t15-/m0/s1. The molecule has 2 fully saturated rings. The second kappa shape index (κ2) is 5.43. The average molecular weight is 234 g/mol. The van der Waals surface area contributed by atoms with Gasteiger partial charge in [0.25, 0.3) is 0 Å². The van der Waals surface area contributed by atoms with Gasteiger partial charge in [-0.25, -0.2) is 0 Å². The molecule has 0 radical (unpaired) electrons. The summed E-state index contributed by atoms with van der Waals surface area (Å²) in [6.45, 7) is 5.32. The van der Waals surface area contributed by atoms with Gasteiger partial charge in [-0.3, -0.25) is 4.90 Å². The van der Waals surface area contributed by atoms with Gasteiger partial charge in [-0.05, 0) is 58.0 Å². The predicted molar refractivity (Wildman–Crippen MR) is 72.0 cm³/mol. The monoisotopic (exact) mass is 234 g/mol. The summed E-state index contributed by atoms with van der Waals surface area (Å²) >= 11 is 0. The number of hydrogen-bond donors (Lipinski definition) is 0. The number of rotatable bonds is 2. The maximum atomic E-state index is 2.76. The highest BCUT2D eigenvalue weighted by Crippen LogP contribution is 2.30. The largest absolute Gasteiger partial charge is 0.374 e. The third kappa shape index (κ3) is 2.52. The molecule has 0 unspecified atom stereocenters. The minimum Gasteiger partial charge on any atom is -0.374 e. The van der Waals surface area contributed by atoms with E-state index in [4.69, 9.17) is 0 Å². The molecule has 3 rings (SSSR count). The highest BCUT2D eigenvalue weighted by atomic mass is 15.2. The van der Waals surface area contributed by atoms with Gasteiger partial charge in [0.1, 0.15) is 0 Å². The van der Waals surface area contributed by atoms with E-state index in [0.29, 0.717) is 0 Å². The summed E-state index contributed by atoms with van der Waals surface area (Å²) in [6, 6.07) is 0.772. The smallest absolute Gasteiger partial charge is 0.0496 e. The molecule has 2 heteroatoms. The van der Waals surface area contributed by atoms with Gasteiger partial charge < -0.3 is 4.90 Å². The SMILES string of the molecule is C1=C(N2CCCCC2)[C@@H](N2CCCCC2)CC1. The van der Waals surface area contributed by atoms with Gasteiger partial charge in [-0.2, -0.15) is 0 Å². The fourth-order valence-corrected chi connectivity index (χ4v) is 3.76. The minimum absolute atomic E-state index is 0.772. The minimum atomic E-state index is 0.772. The molecule has 96 valence electrons. The molecule has 2 aliphatic heterocycles. The molecule has 2 nitrogen and oxygen atoms in total. The van der Waals surface area contributed by atoms with Crippen LogP contribution >= 0.6 is 0 Å². The fraction of sp³-hybridized carbons (Fsp3) is 0.867. The van der Waals surface area contributed by atoms with Crippen LogP contribution in [0.3, 0.4) is 0 Å². The molecule has 0 spiro atoms. The van der Waals surface area contributed by atoms with Crippen molar-refractivity contribution in [3.63, 3.8) is 0 Å². The van der Waals surface area contributed by atoms with Crippen molar-refractivity contribution in [1.29, 1.82) is 0 Å². The van der Waals surface area contributed by atoms with Crippen molar-refractivity contribution in [3.05, 3.63) is 11.8 Å². The third-order valence-electron chi connectivity index (χ3n) is 4.69. The zero-order valence-corrected chi connectivity index (χ0v) is 11.0. The maximum absolute atomic E-state index is 2.76. The Hall–Kier alpha value is -0.500. The van der Waals surface area contributed by atoms with E-state index in [1.54, 1.807) is 5.70 Å². The van der Waals surface area contributed by atoms with Crippen molar-refractivity contribution in [1.82, 2.24) is 9.80 Å². The Morgan fingerprint density at radius 2 is 1.47 bits per heavy atom. The molecule has 1 aliphatic carbocycles. The van der Waals surface area contributed by atoms with Crippen molar-refractivity contribution in [2.75, 3.05) is 26.2 Å². The number of hydrogen-bond acceptors (Lipinski definition) is 2. The van der Waals surface area contributed by atoms with E-state index in [0.717, 1.165) is 6.04 Å². The van der Waals surface area contributed by atoms with Crippen molar-refractivity contribution in [3.8, 4) is 0 Å². The zero-order chi connectivity index (χ0) is 11.5. The average Bonchev–Trinajstić information content (AvgIpc) is 2.90. The van der Waals surface area contributed by atoms with Gasteiger partial charge in [0, 0.05) is 24.8 Å². The van der Waals surface area contributed by atoms with Gasteiger partial charge in [-0.1, -0.05) is 12.5 Å². The Morgan fingerprint density at radius 1 is 0.824 bits per heavy atom. The first-order valence-corrected chi connectivity index (χ1v) is 7.64. The summed E-state index contributed by atoms with van der Waals surface area (Å²) in [5.74, 6) is 0. The topological polar surface area (TPSA) is 6.48 Å². The Balaban J connectivity index is 1.65. The van der Waals surface area contributed by atoms with Crippen LogP contribution in [-0.2, 0) is 0 Å². The van der Waals surface area contributed by atoms with Gasteiger partial charge in [0.05, 0.1) is 0 Å². The summed E-state index contributed by atoms with van der Waals surface area (Å²) in [5.41, 5.74) is 1.69. The second-order valence-electron chi connectivity index (χ2n) is 5.87. The Bertz CT molecular complexity index is 273. The van der Waals surface area contributed by atoms with E-state index < -0.39 is 0 Å². The molecular formula is C15H26N2. The van der Waals surface area contributed by atoms with E-state index in [1.807, 2.05) is 0 Å². The quantitative estimate of drug-likeness (QED) is 0.724. The maximum Gasteiger partial charge on any atom is 0.0496 e. The van der Waals surface area contributed by atoms with E-state index in [2.05, 4.69) is 15.9 Å². The van der Waals surface area contributed by atoms with E-state index in [1.165, 1.54) is 77.5 Å². The van der Waals surface area contributed by atoms with Gasteiger partial charge in [0.2, 0.25) is 0 Å². The molecular weight excluding hydrogens is 208 g/mol. The summed E-state index contributed by atoms with van der Waals surface area (Å²) in [6.07, 6.45) is 13.8. The van der Waals surface area contributed by atoms with Crippen LogP contribution in [0.4, 0.5) is 0 Å². The lowest BCUT2D eigenvalue weighted by Crippen LogP contribution is -2.44. The molecule has 0 N–H and O–H groups in total. The molecule has 1 atom stereocenters. The number of nitrogens with zero attached hydrogens (tertiary/aromatic N) is 2. The van der Waals surface area contributed by atoms with Gasteiger partial charge in [0.15, 0.2) is 0 Å². The van der Waals surface area contributed by atoms with E-state index in [9.17, 15) is 0 Å². The first-order valence-electron chi connectivity index (χ1n) is 7.64. The van der Waals surface area contributed by atoms with Crippen molar-refractivity contribution < 1.29 is 0 Å². The van der Waals surface area contributed by atoms with Crippen molar-refractivity contribution >= 4 is 0 Å². The molecule has 2 heterocycles. The molecule has 0 aromatic rings. The van der Waals surface area contributed by atoms with Gasteiger partial charge >= 0.3 is 0 Å². The number of likely N-dealkylation sites (tertiary alicyclic amines) is 2. The van der Waals surface area contributed by atoms with Crippen LogP contribution in [0.1, 0.15) is 51.4 Å². The summed E-state index contributed by atoms with van der Waals surface area (Å²) < 4.78 is 0. The van der Waals surface area contributed by atoms with Crippen LogP contribution in [0.25, 0.3) is 0 Å². The second-order valence-corrected chi connectivity index (χ2v) is 5.87. The molecule has 0 amide bonds. The lowest BCUT2D eigenvalue weighted by molar-refractivity contribution is 0.149. The lowest BCUT2D eigenvalue weighted by atomic mass is 10.0. The molecule has 0 saturated carbocycles. The van der Waals surface area contributed by atoms with Crippen LogP contribution in [0.5, 0.6) is 0 Å². The third-order valence-corrected chi connectivity index (χ3v) is 4.69. The molecule has 17 heavy (non-hydrogen) atoms. The highest BCUT2D eigenvalue weighted by Gasteiger charge is 2.30. The molecule has 0 aromatic carbocycles. The molecule has 2 saturated heterocycles. The summed E-state index contributed by atoms with van der Waals surface area (Å²) in [4.78, 5) is 5.45. The van der Waals surface area contributed by atoms with Gasteiger partial charge in [-0.15, -0.1) is 0 Å². The van der Waals surface area contributed by atoms with Crippen molar-refractivity contribution in [2.24, 2.45) is 0 Å². The summed E-state index contributed by atoms with van der Waals surface area (Å²) in [5, 5.41) is 0.